The van der Waals surface area contributed by atoms with Crippen LogP contribution in [0.15, 0.2) is 16.9 Å². The fourth-order valence-corrected chi connectivity index (χ4v) is 3.77. The number of ketones is 2. The summed E-state index contributed by atoms with van der Waals surface area (Å²) in [5.41, 5.74) is 0.715. The molecular formula is C14H15ClN4O2. The standard InChI is InChI=1S/C14H15ClN4O2/c15-10-12(13(20)8-5-16-18-11(8)14(10)21)17-9-6-19-3-1-7(9)2-4-19/h5,7,9,17H,1-4,6H2,(H,16,18). The van der Waals surface area contributed by atoms with Crippen molar-refractivity contribution in [3.63, 3.8) is 0 Å². The van der Waals surface area contributed by atoms with Crippen LogP contribution in [0, 0.1) is 5.92 Å². The minimum atomic E-state index is -0.368. The number of rotatable bonds is 2. The lowest BCUT2D eigenvalue weighted by molar-refractivity contribution is 0.0743. The first-order valence-electron chi connectivity index (χ1n) is 7.16. The lowest BCUT2D eigenvalue weighted by Gasteiger charge is -2.45. The van der Waals surface area contributed by atoms with Crippen molar-refractivity contribution in [2.24, 2.45) is 5.92 Å². The molecule has 0 spiro atoms. The van der Waals surface area contributed by atoms with Crippen LogP contribution in [0.4, 0.5) is 0 Å². The van der Waals surface area contributed by atoms with E-state index in [0.717, 1.165) is 32.5 Å². The zero-order chi connectivity index (χ0) is 14.6. The largest absolute Gasteiger partial charge is 0.376 e. The Morgan fingerprint density at radius 2 is 2.05 bits per heavy atom. The number of allylic oxidation sites excluding steroid dienone is 2. The summed E-state index contributed by atoms with van der Waals surface area (Å²) >= 11 is 6.12. The molecule has 0 amide bonds. The highest BCUT2D eigenvalue weighted by atomic mass is 35.5. The summed E-state index contributed by atoms with van der Waals surface area (Å²) < 4.78 is 0. The van der Waals surface area contributed by atoms with Crippen molar-refractivity contribution in [1.82, 2.24) is 20.4 Å². The molecule has 1 aromatic heterocycles. The molecule has 110 valence electrons. The van der Waals surface area contributed by atoms with Gasteiger partial charge in [-0.3, -0.25) is 14.7 Å². The Balaban J connectivity index is 1.64. The maximum atomic E-state index is 12.5. The van der Waals surface area contributed by atoms with E-state index in [1.54, 1.807) is 0 Å². The quantitative estimate of drug-likeness (QED) is 0.849. The zero-order valence-corrected chi connectivity index (χ0v) is 12.1. The van der Waals surface area contributed by atoms with E-state index in [9.17, 15) is 9.59 Å². The number of halogens is 1. The molecule has 0 saturated carbocycles. The molecule has 0 aromatic carbocycles. The van der Waals surface area contributed by atoms with Gasteiger partial charge < -0.3 is 10.2 Å². The average Bonchev–Trinajstić information content (AvgIpc) is 3.00. The van der Waals surface area contributed by atoms with E-state index >= 15 is 0 Å². The number of hydrogen-bond donors (Lipinski definition) is 2. The van der Waals surface area contributed by atoms with Gasteiger partial charge in [-0.15, -0.1) is 0 Å². The molecule has 2 N–H and O–H groups in total. The van der Waals surface area contributed by atoms with Crippen LogP contribution in [0.5, 0.6) is 0 Å². The molecule has 7 heteroatoms. The van der Waals surface area contributed by atoms with E-state index in [1.165, 1.54) is 6.20 Å². The number of hydrogen-bond acceptors (Lipinski definition) is 5. The van der Waals surface area contributed by atoms with Gasteiger partial charge in [-0.05, 0) is 31.8 Å². The molecule has 4 heterocycles. The number of carbonyl (C=O) groups is 2. The first-order valence-corrected chi connectivity index (χ1v) is 7.54. The molecule has 1 atom stereocenters. The highest BCUT2D eigenvalue weighted by Crippen LogP contribution is 2.31. The van der Waals surface area contributed by atoms with Crippen molar-refractivity contribution in [3.05, 3.63) is 28.2 Å². The van der Waals surface area contributed by atoms with Gasteiger partial charge in [-0.2, -0.15) is 5.10 Å². The Morgan fingerprint density at radius 3 is 2.71 bits per heavy atom. The van der Waals surface area contributed by atoms with E-state index in [4.69, 9.17) is 11.6 Å². The zero-order valence-electron chi connectivity index (χ0n) is 11.4. The summed E-state index contributed by atoms with van der Waals surface area (Å²) in [5, 5.41) is 9.52. The summed E-state index contributed by atoms with van der Waals surface area (Å²) in [5.74, 6) is -0.0760. The van der Waals surface area contributed by atoms with Gasteiger partial charge in [0.05, 0.1) is 11.8 Å². The average molecular weight is 307 g/mol. The Kier molecular flexibility index (Phi) is 2.90. The van der Waals surface area contributed by atoms with Gasteiger partial charge in [-0.1, -0.05) is 11.6 Å². The molecule has 3 saturated heterocycles. The second-order valence-electron chi connectivity index (χ2n) is 5.89. The molecule has 0 radical (unpaired) electrons. The molecule has 3 fully saturated rings. The fraction of sp³-hybridized carbons (Fsp3) is 0.500. The highest BCUT2D eigenvalue weighted by Gasteiger charge is 2.38. The Hall–Kier alpha value is -1.66. The first-order chi connectivity index (χ1) is 10.1. The van der Waals surface area contributed by atoms with Gasteiger partial charge >= 0.3 is 0 Å². The van der Waals surface area contributed by atoms with Gasteiger partial charge in [0, 0.05) is 12.6 Å². The topological polar surface area (TPSA) is 78.1 Å². The number of aromatic nitrogens is 2. The molecule has 5 rings (SSSR count). The van der Waals surface area contributed by atoms with Gasteiger partial charge in [-0.25, -0.2) is 0 Å². The van der Waals surface area contributed by atoms with Crippen LogP contribution in [0.3, 0.4) is 0 Å². The molecular weight excluding hydrogens is 292 g/mol. The van der Waals surface area contributed by atoms with E-state index in [1.807, 2.05) is 0 Å². The fourth-order valence-electron chi connectivity index (χ4n) is 3.53. The van der Waals surface area contributed by atoms with Crippen LogP contribution in [-0.4, -0.2) is 52.3 Å². The highest BCUT2D eigenvalue weighted by molar-refractivity contribution is 6.49. The van der Waals surface area contributed by atoms with Crippen LogP contribution in [0.2, 0.25) is 0 Å². The SMILES string of the molecule is O=C1C(NC2CN3CCC2CC3)=C(Cl)C(=O)c2[nH]ncc21. The van der Waals surface area contributed by atoms with Crippen LogP contribution in [0.25, 0.3) is 0 Å². The molecule has 1 unspecified atom stereocenters. The molecule has 6 nitrogen and oxygen atoms in total. The van der Waals surface area contributed by atoms with Crippen molar-refractivity contribution in [1.29, 1.82) is 0 Å². The van der Waals surface area contributed by atoms with Crippen LogP contribution in [-0.2, 0) is 0 Å². The van der Waals surface area contributed by atoms with Gasteiger partial charge in [0.1, 0.15) is 16.4 Å². The summed E-state index contributed by atoms with van der Waals surface area (Å²) in [6.07, 6.45) is 3.64. The first kappa shape index (κ1) is 13.0. The number of nitrogens with one attached hydrogen (secondary N) is 2. The molecule has 21 heavy (non-hydrogen) atoms. The predicted molar refractivity (Wildman–Crippen MR) is 76.2 cm³/mol. The Bertz CT molecular complexity index is 658. The maximum Gasteiger partial charge on any atom is 0.225 e. The molecule has 1 aromatic rings. The van der Waals surface area contributed by atoms with Gasteiger partial charge in [0.15, 0.2) is 0 Å². The Morgan fingerprint density at radius 1 is 1.29 bits per heavy atom. The third-order valence-electron chi connectivity index (χ3n) is 4.74. The number of carbonyl (C=O) groups excluding carboxylic acids is 2. The van der Waals surface area contributed by atoms with Gasteiger partial charge in [0.25, 0.3) is 0 Å². The lowest BCUT2D eigenvalue weighted by atomic mass is 9.83. The lowest BCUT2D eigenvalue weighted by Crippen LogP contribution is -2.56. The summed E-state index contributed by atoms with van der Waals surface area (Å²) in [6, 6.07) is 0.182. The number of H-pyrrole nitrogens is 1. The second-order valence-corrected chi connectivity index (χ2v) is 6.27. The van der Waals surface area contributed by atoms with Gasteiger partial charge in [0.2, 0.25) is 11.6 Å². The van der Waals surface area contributed by atoms with Crippen LogP contribution >= 0.6 is 11.6 Å². The third-order valence-corrected chi connectivity index (χ3v) is 5.10. The van der Waals surface area contributed by atoms with Crippen molar-refractivity contribution in [3.8, 4) is 0 Å². The number of nitrogens with zero attached hydrogens (tertiary/aromatic N) is 2. The van der Waals surface area contributed by atoms with Crippen molar-refractivity contribution in [2.45, 2.75) is 18.9 Å². The van der Waals surface area contributed by atoms with Crippen molar-refractivity contribution >= 4 is 23.2 Å². The molecule has 2 bridgehead atoms. The smallest absolute Gasteiger partial charge is 0.225 e. The number of fused-ring (bicyclic) bond motifs is 4. The number of Topliss-reactive ketones (excluding diaryl/α,β-unsaturated/α-hetero) is 2. The van der Waals surface area contributed by atoms with E-state index in [2.05, 4.69) is 20.4 Å². The monoisotopic (exact) mass is 306 g/mol. The van der Waals surface area contributed by atoms with Crippen molar-refractivity contribution in [2.75, 3.05) is 19.6 Å². The number of piperidine rings is 3. The normalized spacial score (nSPS) is 31.6. The minimum absolute atomic E-state index is 0.0341. The van der Waals surface area contributed by atoms with Crippen LogP contribution < -0.4 is 5.32 Å². The third kappa shape index (κ3) is 1.93. The van der Waals surface area contributed by atoms with Crippen molar-refractivity contribution < 1.29 is 9.59 Å². The minimum Gasteiger partial charge on any atom is -0.376 e. The molecule has 3 aliphatic heterocycles. The second kappa shape index (κ2) is 4.68. The van der Waals surface area contributed by atoms with E-state index in [0.29, 0.717) is 11.5 Å². The number of aromatic amines is 1. The molecule has 1 aliphatic carbocycles. The summed E-state index contributed by atoms with van der Waals surface area (Å²) in [4.78, 5) is 27.0. The van der Waals surface area contributed by atoms with Crippen LogP contribution in [0.1, 0.15) is 33.7 Å². The van der Waals surface area contributed by atoms with E-state index in [-0.39, 0.29) is 34.0 Å². The summed E-state index contributed by atoms with van der Waals surface area (Å²) in [6.45, 7) is 3.14. The Labute approximate surface area is 126 Å². The maximum absolute atomic E-state index is 12.5. The molecule has 4 aliphatic rings. The summed E-state index contributed by atoms with van der Waals surface area (Å²) in [7, 11) is 0. The predicted octanol–water partition coefficient (Wildman–Crippen LogP) is 0.923. The van der Waals surface area contributed by atoms with E-state index < -0.39 is 0 Å².